The van der Waals surface area contributed by atoms with Gasteiger partial charge in [-0.2, -0.15) is 0 Å². The van der Waals surface area contributed by atoms with Gasteiger partial charge >= 0.3 is 5.97 Å². The molecule has 2 rings (SSSR count). The fraction of sp³-hybridized carbons (Fsp3) is 0.462. The molecule has 0 amide bonds. The number of rotatable bonds is 3. The van der Waals surface area contributed by atoms with Crippen LogP contribution in [-0.4, -0.2) is 16.2 Å². The molecule has 1 aliphatic rings. The Hall–Kier alpha value is -1.35. The summed E-state index contributed by atoms with van der Waals surface area (Å²) in [5.41, 5.74) is -1.22. The highest BCUT2D eigenvalue weighted by Gasteiger charge is 2.46. The summed E-state index contributed by atoms with van der Waals surface area (Å²) in [5.74, 6) is -1.29. The van der Waals surface area contributed by atoms with Crippen LogP contribution in [0.15, 0.2) is 30.3 Å². The van der Waals surface area contributed by atoms with E-state index in [0.29, 0.717) is 5.56 Å². The quantitative estimate of drug-likeness (QED) is 0.820. The van der Waals surface area contributed by atoms with Crippen molar-refractivity contribution in [2.75, 3.05) is 0 Å². The van der Waals surface area contributed by atoms with Gasteiger partial charge in [0.2, 0.25) is 0 Å². The van der Waals surface area contributed by atoms with E-state index in [1.54, 1.807) is 24.3 Å². The van der Waals surface area contributed by atoms with Crippen molar-refractivity contribution in [3.05, 3.63) is 35.9 Å². The van der Waals surface area contributed by atoms with Crippen LogP contribution in [0.1, 0.15) is 31.2 Å². The summed E-state index contributed by atoms with van der Waals surface area (Å²) in [6.07, 6.45) is 3.59. The monoisotopic (exact) mass is 220 g/mol. The van der Waals surface area contributed by atoms with Crippen LogP contribution in [0.2, 0.25) is 0 Å². The lowest BCUT2D eigenvalue weighted by Gasteiger charge is -2.30. The zero-order valence-corrected chi connectivity index (χ0v) is 9.10. The third-order valence-corrected chi connectivity index (χ3v) is 3.49. The maximum Gasteiger partial charge on any atom is 0.340 e. The SMILES string of the molecule is O=C(O)[C@@](O)(c1ccccc1)C1CCCC1. The fourth-order valence-corrected chi connectivity index (χ4v) is 2.57. The van der Waals surface area contributed by atoms with Gasteiger partial charge in [-0.1, -0.05) is 43.2 Å². The average molecular weight is 220 g/mol. The molecule has 0 heterocycles. The van der Waals surface area contributed by atoms with E-state index in [2.05, 4.69) is 0 Å². The summed E-state index contributed by atoms with van der Waals surface area (Å²) in [6.45, 7) is 0. The Morgan fingerprint density at radius 2 is 1.75 bits per heavy atom. The number of carboxylic acid groups (broad SMARTS) is 1. The molecule has 0 radical (unpaired) electrons. The second-order valence-corrected chi connectivity index (χ2v) is 4.42. The van der Waals surface area contributed by atoms with E-state index in [9.17, 15) is 15.0 Å². The Balaban J connectivity index is 2.39. The highest BCUT2D eigenvalue weighted by Crippen LogP contribution is 2.40. The maximum absolute atomic E-state index is 11.4. The van der Waals surface area contributed by atoms with Gasteiger partial charge in [-0.15, -0.1) is 0 Å². The topological polar surface area (TPSA) is 57.5 Å². The molecule has 1 saturated carbocycles. The zero-order chi connectivity index (χ0) is 11.6. The first-order valence-electron chi connectivity index (χ1n) is 5.67. The molecule has 2 N–H and O–H groups in total. The number of benzene rings is 1. The van der Waals surface area contributed by atoms with Crippen LogP contribution in [0.25, 0.3) is 0 Å². The summed E-state index contributed by atoms with van der Waals surface area (Å²) in [4.78, 5) is 11.4. The van der Waals surface area contributed by atoms with Crippen molar-refractivity contribution in [2.24, 2.45) is 5.92 Å². The Morgan fingerprint density at radius 3 is 2.25 bits per heavy atom. The smallest absolute Gasteiger partial charge is 0.340 e. The number of aliphatic hydroxyl groups is 1. The standard InChI is InChI=1S/C13H16O3/c14-12(15)13(16,11-8-4-5-9-11)10-6-2-1-3-7-10/h1-3,6-7,11,16H,4-5,8-9H2,(H,14,15)/t13-/m1/s1. The largest absolute Gasteiger partial charge is 0.479 e. The van der Waals surface area contributed by atoms with E-state index >= 15 is 0 Å². The highest BCUT2D eigenvalue weighted by atomic mass is 16.4. The number of carboxylic acids is 1. The molecule has 3 heteroatoms. The van der Waals surface area contributed by atoms with E-state index in [0.717, 1.165) is 25.7 Å². The molecule has 0 unspecified atom stereocenters. The van der Waals surface area contributed by atoms with Gasteiger partial charge in [-0.05, 0) is 18.4 Å². The lowest BCUT2D eigenvalue weighted by molar-refractivity contribution is -0.166. The molecule has 0 aliphatic heterocycles. The zero-order valence-electron chi connectivity index (χ0n) is 9.10. The van der Waals surface area contributed by atoms with Crippen molar-refractivity contribution < 1.29 is 15.0 Å². The van der Waals surface area contributed by atoms with Crippen molar-refractivity contribution in [3.63, 3.8) is 0 Å². The van der Waals surface area contributed by atoms with Crippen LogP contribution >= 0.6 is 0 Å². The molecule has 1 atom stereocenters. The minimum atomic E-state index is -1.71. The van der Waals surface area contributed by atoms with E-state index in [1.165, 1.54) is 0 Å². The molecule has 1 aromatic carbocycles. The third-order valence-electron chi connectivity index (χ3n) is 3.49. The fourth-order valence-electron chi connectivity index (χ4n) is 2.57. The van der Waals surface area contributed by atoms with Crippen molar-refractivity contribution >= 4 is 5.97 Å². The predicted molar refractivity (Wildman–Crippen MR) is 59.9 cm³/mol. The Morgan fingerprint density at radius 1 is 1.19 bits per heavy atom. The molecule has 3 nitrogen and oxygen atoms in total. The van der Waals surface area contributed by atoms with Crippen LogP contribution < -0.4 is 0 Å². The number of hydrogen-bond acceptors (Lipinski definition) is 2. The molecular weight excluding hydrogens is 204 g/mol. The van der Waals surface area contributed by atoms with Crippen LogP contribution in [0.3, 0.4) is 0 Å². The van der Waals surface area contributed by atoms with Gasteiger partial charge in [0.25, 0.3) is 0 Å². The summed E-state index contributed by atoms with van der Waals surface area (Å²) >= 11 is 0. The van der Waals surface area contributed by atoms with E-state index in [4.69, 9.17) is 0 Å². The number of hydrogen-bond donors (Lipinski definition) is 2. The second-order valence-electron chi connectivity index (χ2n) is 4.42. The molecular formula is C13H16O3. The molecule has 0 bridgehead atoms. The van der Waals surface area contributed by atoms with Gasteiger partial charge in [0, 0.05) is 5.92 Å². The van der Waals surface area contributed by atoms with Gasteiger partial charge in [-0.25, -0.2) is 4.79 Å². The van der Waals surface area contributed by atoms with Crippen LogP contribution in [-0.2, 0) is 10.4 Å². The van der Waals surface area contributed by atoms with Gasteiger partial charge in [0.15, 0.2) is 5.60 Å². The van der Waals surface area contributed by atoms with E-state index < -0.39 is 11.6 Å². The summed E-state index contributed by atoms with van der Waals surface area (Å²) < 4.78 is 0. The van der Waals surface area contributed by atoms with Crippen molar-refractivity contribution in [1.29, 1.82) is 0 Å². The third kappa shape index (κ3) is 1.71. The Labute approximate surface area is 94.7 Å². The molecule has 0 saturated heterocycles. The number of aliphatic carboxylic acids is 1. The van der Waals surface area contributed by atoms with Crippen molar-refractivity contribution in [3.8, 4) is 0 Å². The maximum atomic E-state index is 11.4. The minimum Gasteiger partial charge on any atom is -0.479 e. The first-order valence-corrected chi connectivity index (χ1v) is 5.67. The van der Waals surface area contributed by atoms with Crippen molar-refractivity contribution in [2.45, 2.75) is 31.3 Å². The van der Waals surface area contributed by atoms with E-state index in [1.807, 2.05) is 6.07 Å². The van der Waals surface area contributed by atoms with Gasteiger partial charge < -0.3 is 10.2 Å². The van der Waals surface area contributed by atoms with Crippen LogP contribution in [0.4, 0.5) is 0 Å². The van der Waals surface area contributed by atoms with E-state index in [-0.39, 0.29) is 5.92 Å². The summed E-state index contributed by atoms with van der Waals surface area (Å²) in [5, 5.41) is 19.8. The van der Waals surface area contributed by atoms with Gasteiger partial charge in [-0.3, -0.25) is 0 Å². The molecule has 1 aromatic rings. The highest BCUT2D eigenvalue weighted by molar-refractivity contribution is 5.79. The normalized spacial score (nSPS) is 20.6. The summed E-state index contributed by atoms with van der Waals surface area (Å²) in [7, 11) is 0. The van der Waals surface area contributed by atoms with Gasteiger partial charge in [0.05, 0.1) is 0 Å². The molecule has 0 spiro atoms. The molecule has 0 aromatic heterocycles. The molecule has 1 fully saturated rings. The minimum absolute atomic E-state index is 0.160. The lowest BCUT2D eigenvalue weighted by Crippen LogP contribution is -2.42. The molecule has 1 aliphatic carbocycles. The number of carbonyl (C=O) groups is 1. The average Bonchev–Trinajstić information content (AvgIpc) is 2.82. The first kappa shape index (κ1) is 11.1. The summed E-state index contributed by atoms with van der Waals surface area (Å²) in [6, 6.07) is 8.72. The Bertz CT molecular complexity index is 368. The Kier molecular flexibility index (Phi) is 2.97. The molecule has 86 valence electrons. The van der Waals surface area contributed by atoms with Crippen LogP contribution in [0.5, 0.6) is 0 Å². The first-order chi connectivity index (χ1) is 7.65. The van der Waals surface area contributed by atoms with Crippen LogP contribution in [0, 0.1) is 5.92 Å². The lowest BCUT2D eigenvalue weighted by atomic mass is 9.80. The van der Waals surface area contributed by atoms with Crippen molar-refractivity contribution in [1.82, 2.24) is 0 Å². The predicted octanol–water partition coefficient (Wildman–Crippen LogP) is 2.15. The van der Waals surface area contributed by atoms with Gasteiger partial charge in [0.1, 0.15) is 0 Å². The molecule has 16 heavy (non-hydrogen) atoms. The second kappa shape index (κ2) is 4.26.